The first kappa shape index (κ1) is 34.9. The smallest absolute Gasteiger partial charge is 0.333 e. The fourth-order valence-corrected chi connectivity index (χ4v) is 9.11. The van der Waals surface area contributed by atoms with Crippen molar-refractivity contribution in [1.29, 1.82) is 0 Å². The summed E-state index contributed by atoms with van der Waals surface area (Å²) in [4.78, 5) is 27.7. The van der Waals surface area contributed by atoms with Crippen LogP contribution in [0.5, 0.6) is 5.75 Å². The third-order valence-corrected chi connectivity index (χ3v) is 11.6. The highest BCUT2D eigenvalue weighted by atomic mass is 32.2. The molecule has 2 aromatic carbocycles. The molecule has 45 heavy (non-hydrogen) atoms. The first-order valence-electron chi connectivity index (χ1n) is 16.3. The van der Waals surface area contributed by atoms with Crippen molar-refractivity contribution in [1.82, 2.24) is 0 Å². The van der Waals surface area contributed by atoms with Gasteiger partial charge in [0.2, 0.25) is 5.91 Å². The van der Waals surface area contributed by atoms with Crippen LogP contribution in [0.2, 0.25) is 0 Å². The number of amides is 1. The van der Waals surface area contributed by atoms with Gasteiger partial charge in [0.15, 0.2) is 9.84 Å². The van der Waals surface area contributed by atoms with Gasteiger partial charge in [-0.1, -0.05) is 52.4 Å². The molecule has 0 bridgehead atoms. The second kappa shape index (κ2) is 16.0. The van der Waals surface area contributed by atoms with Gasteiger partial charge in [0, 0.05) is 35.3 Å². The highest BCUT2D eigenvalue weighted by Gasteiger charge is 2.42. The average molecular weight is 657 g/mol. The van der Waals surface area contributed by atoms with E-state index in [9.17, 15) is 18.0 Å². The second-order valence-electron chi connectivity index (χ2n) is 12.2. The van der Waals surface area contributed by atoms with Gasteiger partial charge in [-0.2, -0.15) is 0 Å². The van der Waals surface area contributed by atoms with Gasteiger partial charge in [0.1, 0.15) is 5.75 Å². The summed E-state index contributed by atoms with van der Waals surface area (Å²) in [5.41, 5.74) is 1.78. The highest BCUT2D eigenvalue weighted by Crippen LogP contribution is 2.48. The van der Waals surface area contributed by atoms with Crippen LogP contribution < -0.4 is 15.0 Å². The fraction of sp³-hybridized carbons (Fsp3) is 0.543. The molecule has 1 amide bonds. The van der Waals surface area contributed by atoms with E-state index in [2.05, 4.69) is 24.1 Å². The van der Waals surface area contributed by atoms with E-state index in [-0.39, 0.29) is 29.1 Å². The summed E-state index contributed by atoms with van der Waals surface area (Å²) in [6.07, 6.45) is 13.9. The van der Waals surface area contributed by atoms with Crippen LogP contribution >= 0.6 is 11.8 Å². The summed E-state index contributed by atoms with van der Waals surface area (Å²) in [7, 11) is -3.72. The minimum atomic E-state index is -3.72. The van der Waals surface area contributed by atoms with E-state index >= 15 is 0 Å². The van der Waals surface area contributed by atoms with E-state index in [0.717, 1.165) is 80.5 Å². The van der Waals surface area contributed by atoms with Crippen LogP contribution in [0.15, 0.2) is 58.5 Å². The molecule has 4 rings (SSSR count). The van der Waals surface area contributed by atoms with Gasteiger partial charge in [0.25, 0.3) is 0 Å². The molecule has 1 heterocycles. The number of hydrogen-bond acceptors (Lipinski definition) is 8. The SMILES string of the molecule is CCCCC1(CCCC)CN(c2ccc(NC(=O)C3CCCC3)cc2)c2cc(SC)c(O/C=C/C(=O)OCC)cc2S(=O)(=O)C1. The number of anilines is 3. The van der Waals surface area contributed by atoms with Crippen molar-refractivity contribution in [3.8, 4) is 5.75 Å². The zero-order valence-electron chi connectivity index (χ0n) is 27.1. The van der Waals surface area contributed by atoms with Crippen molar-refractivity contribution >= 4 is 50.5 Å². The molecular weight excluding hydrogens is 609 g/mol. The van der Waals surface area contributed by atoms with Crippen LogP contribution in [-0.2, 0) is 24.2 Å². The van der Waals surface area contributed by atoms with Crippen LogP contribution in [0.3, 0.4) is 0 Å². The molecule has 0 saturated heterocycles. The number of hydrogen-bond donors (Lipinski definition) is 1. The highest BCUT2D eigenvalue weighted by molar-refractivity contribution is 7.98. The second-order valence-corrected chi connectivity index (χ2v) is 15.0. The molecule has 0 spiro atoms. The molecule has 0 radical (unpaired) electrons. The molecule has 246 valence electrons. The minimum absolute atomic E-state index is 0.0513. The number of carbonyl (C=O) groups excluding carboxylic acids is 2. The Morgan fingerprint density at radius 1 is 1.04 bits per heavy atom. The lowest BCUT2D eigenvalue weighted by Gasteiger charge is -2.37. The predicted molar refractivity (Wildman–Crippen MR) is 182 cm³/mol. The summed E-state index contributed by atoms with van der Waals surface area (Å²) in [6.45, 7) is 6.81. The van der Waals surface area contributed by atoms with E-state index in [0.29, 0.717) is 18.0 Å². The topological polar surface area (TPSA) is 102 Å². The monoisotopic (exact) mass is 656 g/mol. The number of unbranched alkanes of at least 4 members (excludes halogenated alkanes) is 2. The molecule has 1 aliphatic heterocycles. The third kappa shape index (κ3) is 8.85. The summed E-state index contributed by atoms with van der Waals surface area (Å²) in [6, 6.07) is 11.3. The summed E-state index contributed by atoms with van der Waals surface area (Å²) >= 11 is 1.45. The number of ether oxygens (including phenoxy) is 2. The van der Waals surface area contributed by atoms with Crippen LogP contribution in [0.4, 0.5) is 17.1 Å². The van der Waals surface area contributed by atoms with Crippen molar-refractivity contribution in [2.75, 3.05) is 35.4 Å². The Kier molecular flexibility index (Phi) is 12.4. The van der Waals surface area contributed by atoms with Gasteiger partial charge in [-0.05, 0) is 69.2 Å². The zero-order valence-corrected chi connectivity index (χ0v) is 28.7. The molecule has 1 fully saturated rings. The molecule has 1 aliphatic carbocycles. The zero-order chi connectivity index (χ0) is 32.5. The van der Waals surface area contributed by atoms with E-state index in [1.54, 1.807) is 13.0 Å². The van der Waals surface area contributed by atoms with E-state index in [1.807, 2.05) is 36.6 Å². The molecule has 2 aromatic rings. The number of thioether (sulfide) groups is 1. The number of nitrogens with zero attached hydrogens (tertiary/aromatic N) is 1. The maximum Gasteiger partial charge on any atom is 0.333 e. The third-order valence-electron chi connectivity index (χ3n) is 8.84. The quantitative estimate of drug-likeness (QED) is 0.0938. The number of fused-ring (bicyclic) bond motifs is 1. The first-order chi connectivity index (χ1) is 21.6. The predicted octanol–water partition coefficient (Wildman–Crippen LogP) is 8.29. The van der Waals surface area contributed by atoms with Gasteiger partial charge < -0.3 is 19.7 Å². The van der Waals surface area contributed by atoms with Crippen molar-refractivity contribution in [3.05, 3.63) is 48.7 Å². The molecule has 2 aliphatic rings. The fourth-order valence-electron chi connectivity index (χ4n) is 6.46. The molecule has 1 saturated carbocycles. The summed E-state index contributed by atoms with van der Waals surface area (Å²) in [5.74, 6) is 0.0222. The molecule has 10 heteroatoms. The number of rotatable bonds is 14. The van der Waals surface area contributed by atoms with E-state index < -0.39 is 21.2 Å². The van der Waals surface area contributed by atoms with Crippen molar-refractivity contribution < 1.29 is 27.5 Å². The van der Waals surface area contributed by atoms with Crippen LogP contribution in [0.25, 0.3) is 0 Å². The maximum absolute atomic E-state index is 14.3. The first-order valence-corrected chi connectivity index (χ1v) is 19.2. The number of nitrogens with one attached hydrogen (secondary N) is 1. The Morgan fingerprint density at radius 2 is 1.71 bits per heavy atom. The van der Waals surface area contributed by atoms with E-state index in [1.165, 1.54) is 24.1 Å². The van der Waals surface area contributed by atoms with Gasteiger partial charge in [0.05, 0.1) is 40.2 Å². The summed E-state index contributed by atoms with van der Waals surface area (Å²) in [5, 5.41) is 3.08. The Balaban J connectivity index is 1.78. The van der Waals surface area contributed by atoms with Crippen molar-refractivity contribution in [3.63, 3.8) is 0 Å². The number of carbonyl (C=O) groups is 2. The van der Waals surface area contributed by atoms with E-state index in [4.69, 9.17) is 9.47 Å². The van der Waals surface area contributed by atoms with Crippen LogP contribution in [0, 0.1) is 11.3 Å². The molecule has 1 N–H and O–H groups in total. The minimum Gasteiger partial charge on any atom is -0.464 e. The van der Waals surface area contributed by atoms with Gasteiger partial charge in [-0.15, -0.1) is 11.8 Å². The Morgan fingerprint density at radius 3 is 2.31 bits per heavy atom. The standard InChI is InChI=1S/C35H48N2O6S2/c1-5-8-19-35(20-9-6-2)24-37(28-16-14-27(15-17-28)36-34(39)26-12-10-11-13-26)29-22-31(44-4)30(23-32(29)45(40,41)25-35)43-21-18-33(38)42-7-3/h14-18,21-23,26H,5-13,19-20,24-25H2,1-4H3,(H,36,39)/b21-18+. The van der Waals surface area contributed by atoms with Gasteiger partial charge >= 0.3 is 5.97 Å². The lowest BCUT2D eigenvalue weighted by Crippen LogP contribution is -2.38. The average Bonchev–Trinajstić information content (AvgIpc) is 3.55. The lowest BCUT2D eigenvalue weighted by atomic mass is 9.79. The molecule has 0 aromatic heterocycles. The van der Waals surface area contributed by atoms with Crippen molar-refractivity contribution in [2.24, 2.45) is 11.3 Å². The van der Waals surface area contributed by atoms with Gasteiger partial charge in [-0.25, -0.2) is 13.2 Å². The molecule has 0 atom stereocenters. The lowest BCUT2D eigenvalue weighted by molar-refractivity contribution is -0.137. The van der Waals surface area contributed by atoms with Crippen LogP contribution in [0.1, 0.15) is 85.0 Å². The molecule has 8 nitrogen and oxygen atoms in total. The summed E-state index contributed by atoms with van der Waals surface area (Å²) < 4.78 is 39.4. The maximum atomic E-state index is 14.3. The molecular formula is C35H48N2O6S2. The number of sulfone groups is 1. The van der Waals surface area contributed by atoms with Crippen LogP contribution in [-0.4, -0.2) is 45.5 Å². The Bertz CT molecular complexity index is 1440. The van der Waals surface area contributed by atoms with Gasteiger partial charge in [-0.3, -0.25) is 4.79 Å². The largest absolute Gasteiger partial charge is 0.464 e. The normalized spacial score (nSPS) is 17.6. The van der Waals surface area contributed by atoms with Crippen molar-refractivity contribution in [2.45, 2.75) is 94.8 Å². The number of esters is 1. The number of benzene rings is 2. The molecule has 0 unspecified atom stereocenters. The Labute approximate surface area is 273 Å². The Hall–Kier alpha value is -2.98.